The highest BCUT2D eigenvalue weighted by atomic mass is 32.1. The maximum atomic E-state index is 5.30. The van der Waals surface area contributed by atoms with Crippen LogP contribution in [0.15, 0.2) is 42.7 Å². The van der Waals surface area contributed by atoms with Gasteiger partial charge in [-0.25, -0.2) is 0 Å². The summed E-state index contributed by atoms with van der Waals surface area (Å²) in [7, 11) is 1.90. The molecule has 96 valence electrons. The SMILES string of the molecule is Cn1cc(Cn2c(-c3ccccc3)n[nH]c2=S)cn1. The van der Waals surface area contributed by atoms with E-state index in [1.807, 2.05) is 54.3 Å². The predicted molar refractivity (Wildman–Crippen MR) is 75.2 cm³/mol. The maximum Gasteiger partial charge on any atom is 0.195 e. The number of rotatable bonds is 3. The zero-order chi connectivity index (χ0) is 13.2. The van der Waals surface area contributed by atoms with Crippen LogP contribution in [0.5, 0.6) is 0 Å². The number of benzene rings is 1. The lowest BCUT2D eigenvalue weighted by Crippen LogP contribution is -2.01. The number of hydrogen-bond acceptors (Lipinski definition) is 3. The van der Waals surface area contributed by atoms with Gasteiger partial charge >= 0.3 is 0 Å². The molecule has 0 aliphatic carbocycles. The molecule has 0 spiro atoms. The van der Waals surface area contributed by atoms with Crippen LogP contribution in [0.4, 0.5) is 0 Å². The fourth-order valence-corrected chi connectivity index (χ4v) is 2.20. The molecule has 1 N–H and O–H groups in total. The van der Waals surface area contributed by atoms with E-state index in [2.05, 4.69) is 15.3 Å². The molecule has 19 heavy (non-hydrogen) atoms. The van der Waals surface area contributed by atoms with Crippen molar-refractivity contribution >= 4 is 12.2 Å². The summed E-state index contributed by atoms with van der Waals surface area (Å²) in [6.07, 6.45) is 3.81. The molecular weight excluding hydrogens is 258 g/mol. The van der Waals surface area contributed by atoms with E-state index in [4.69, 9.17) is 12.2 Å². The monoisotopic (exact) mass is 271 g/mol. The molecule has 0 saturated carbocycles. The minimum Gasteiger partial charge on any atom is -0.296 e. The van der Waals surface area contributed by atoms with Crippen LogP contribution in [0.2, 0.25) is 0 Å². The molecule has 0 radical (unpaired) electrons. The van der Waals surface area contributed by atoms with Gasteiger partial charge in [0.05, 0.1) is 12.7 Å². The van der Waals surface area contributed by atoms with Crippen molar-refractivity contribution < 1.29 is 0 Å². The van der Waals surface area contributed by atoms with Gasteiger partial charge in [-0.1, -0.05) is 30.3 Å². The van der Waals surface area contributed by atoms with Gasteiger partial charge in [0, 0.05) is 24.4 Å². The van der Waals surface area contributed by atoms with Gasteiger partial charge < -0.3 is 0 Å². The fourth-order valence-electron chi connectivity index (χ4n) is 2.01. The van der Waals surface area contributed by atoms with E-state index in [0.29, 0.717) is 11.3 Å². The van der Waals surface area contributed by atoms with E-state index in [9.17, 15) is 0 Å². The highest BCUT2D eigenvalue weighted by Gasteiger charge is 2.09. The third-order valence-corrected chi connectivity index (χ3v) is 3.20. The van der Waals surface area contributed by atoms with Gasteiger partial charge in [0.2, 0.25) is 0 Å². The number of H-pyrrole nitrogens is 1. The molecule has 0 saturated heterocycles. The van der Waals surface area contributed by atoms with Crippen LogP contribution < -0.4 is 0 Å². The highest BCUT2D eigenvalue weighted by molar-refractivity contribution is 7.71. The Morgan fingerprint density at radius 1 is 1.26 bits per heavy atom. The lowest BCUT2D eigenvalue weighted by atomic mass is 10.2. The van der Waals surface area contributed by atoms with Crippen molar-refractivity contribution in [3.05, 3.63) is 53.1 Å². The van der Waals surface area contributed by atoms with Crippen LogP contribution in [-0.4, -0.2) is 24.5 Å². The summed E-state index contributed by atoms with van der Waals surface area (Å²) in [5, 5.41) is 11.3. The standard InChI is InChI=1S/C13H13N5S/c1-17-8-10(7-14-17)9-18-12(15-16-13(18)19)11-5-3-2-4-6-11/h2-8H,9H2,1H3,(H,16,19). The Morgan fingerprint density at radius 2 is 2.05 bits per heavy atom. The van der Waals surface area contributed by atoms with Gasteiger partial charge in [0.25, 0.3) is 0 Å². The van der Waals surface area contributed by atoms with Crippen molar-refractivity contribution in [2.45, 2.75) is 6.54 Å². The Hall–Kier alpha value is -2.21. The molecule has 0 unspecified atom stereocenters. The van der Waals surface area contributed by atoms with Gasteiger partial charge in [0.15, 0.2) is 10.6 Å². The minimum atomic E-state index is 0.614. The zero-order valence-corrected chi connectivity index (χ0v) is 11.3. The van der Waals surface area contributed by atoms with Crippen LogP contribution in [0, 0.1) is 4.77 Å². The Balaban J connectivity index is 2.02. The largest absolute Gasteiger partial charge is 0.296 e. The number of aromatic amines is 1. The highest BCUT2D eigenvalue weighted by Crippen LogP contribution is 2.17. The molecule has 0 atom stereocenters. The van der Waals surface area contributed by atoms with Crippen LogP contribution in [0.25, 0.3) is 11.4 Å². The Kier molecular flexibility index (Phi) is 3.00. The summed E-state index contributed by atoms with van der Waals surface area (Å²) in [6, 6.07) is 9.99. The molecule has 0 aliphatic rings. The first kappa shape index (κ1) is 11.9. The fraction of sp³-hybridized carbons (Fsp3) is 0.154. The number of hydrogen-bond donors (Lipinski definition) is 1. The Bertz CT molecular complexity index is 738. The van der Waals surface area contributed by atoms with E-state index < -0.39 is 0 Å². The summed E-state index contributed by atoms with van der Waals surface area (Å²) in [4.78, 5) is 0. The van der Waals surface area contributed by atoms with Crippen molar-refractivity contribution in [1.82, 2.24) is 24.5 Å². The first-order valence-electron chi connectivity index (χ1n) is 5.92. The first-order valence-corrected chi connectivity index (χ1v) is 6.33. The first-order chi connectivity index (χ1) is 9.24. The zero-order valence-electron chi connectivity index (χ0n) is 10.4. The molecule has 0 amide bonds. The molecular formula is C13H13N5S. The average Bonchev–Trinajstić information content (AvgIpc) is 2.99. The van der Waals surface area contributed by atoms with Crippen molar-refractivity contribution in [3.63, 3.8) is 0 Å². The number of nitrogens with zero attached hydrogens (tertiary/aromatic N) is 4. The Labute approximate surface area is 115 Å². The van der Waals surface area contributed by atoms with Gasteiger partial charge in [-0.2, -0.15) is 10.2 Å². The summed E-state index contributed by atoms with van der Waals surface area (Å²) >= 11 is 5.30. The minimum absolute atomic E-state index is 0.614. The van der Waals surface area contributed by atoms with E-state index in [-0.39, 0.29) is 0 Å². The van der Waals surface area contributed by atoms with Crippen molar-refractivity contribution in [1.29, 1.82) is 0 Å². The molecule has 3 aromatic rings. The second kappa shape index (κ2) is 4.81. The number of aryl methyl sites for hydroxylation is 1. The maximum absolute atomic E-state index is 5.30. The molecule has 0 aliphatic heterocycles. The second-order valence-corrected chi connectivity index (χ2v) is 4.71. The van der Waals surface area contributed by atoms with Crippen molar-refractivity contribution in [3.8, 4) is 11.4 Å². The number of nitrogens with one attached hydrogen (secondary N) is 1. The predicted octanol–water partition coefficient (Wildman–Crippen LogP) is 2.39. The smallest absolute Gasteiger partial charge is 0.195 e. The van der Waals surface area contributed by atoms with Crippen LogP contribution in [0.3, 0.4) is 0 Å². The quantitative estimate of drug-likeness (QED) is 0.744. The third-order valence-electron chi connectivity index (χ3n) is 2.89. The van der Waals surface area contributed by atoms with E-state index in [0.717, 1.165) is 17.0 Å². The topological polar surface area (TPSA) is 51.4 Å². The van der Waals surface area contributed by atoms with Crippen LogP contribution >= 0.6 is 12.2 Å². The molecule has 2 heterocycles. The lowest BCUT2D eigenvalue weighted by molar-refractivity contribution is 0.761. The van der Waals surface area contributed by atoms with Gasteiger partial charge in [0.1, 0.15) is 0 Å². The third kappa shape index (κ3) is 2.34. The summed E-state index contributed by atoms with van der Waals surface area (Å²) < 4.78 is 4.37. The molecule has 6 heteroatoms. The average molecular weight is 271 g/mol. The summed E-state index contributed by atoms with van der Waals surface area (Å²) in [5.74, 6) is 0.842. The van der Waals surface area contributed by atoms with Gasteiger partial charge in [-0.15, -0.1) is 0 Å². The van der Waals surface area contributed by atoms with E-state index in [1.54, 1.807) is 4.68 Å². The van der Waals surface area contributed by atoms with E-state index in [1.165, 1.54) is 0 Å². The lowest BCUT2D eigenvalue weighted by Gasteiger charge is -2.05. The number of aromatic nitrogens is 5. The molecule has 2 aromatic heterocycles. The Morgan fingerprint density at radius 3 is 2.74 bits per heavy atom. The molecule has 0 bridgehead atoms. The summed E-state index contributed by atoms with van der Waals surface area (Å²) in [5.41, 5.74) is 2.14. The van der Waals surface area contributed by atoms with Gasteiger partial charge in [-0.05, 0) is 12.2 Å². The normalized spacial score (nSPS) is 10.8. The van der Waals surface area contributed by atoms with Crippen molar-refractivity contribution in [2.24, 2.45) is 7.05 Å². The van der Waals surface area contributed by atoms with Gasteiger partial charge in [-0.3, -0.25) is 14.3 Å². The van der Waals surface area contributed by atoms with Crippen LogP contribution in [0.1, 0.15) is 5.56 Å². The van der Waals surface area contributed by atoms with Crippen molar-refractivity contribution in [2.75, 3.05) is 0 Å². The molecule has 5 nitrogen and oxygen atoms in total. The van der Waals surface area contributed by atoms with E-state index >= 15 is 0 Å². The molecule has 1 aromatic carbocycles. The summed E-state index contributed by atoms with van der Waals surface area (Å²) in [6.45, 7) is 0.660. The molecule has 3 rings (SSSR count). The molecule has 0 fully saturated rings. The van der Waals surface area contributed by atoms with Crippen LogP contribution in [-0.2, 0) is 13.6 Å². The second-order valence-electron chi connectivity index (χ2n) is 4.33.